The predicted molar refractivity (Wildman–Crippen MR) is 71.5 cm³/mol. The number of oxime groups is 1. The molecule has 7 heteroatoms. The molecule has 0 atom stereocenters. The molecule has 1 aromatic carbocycles. The first-order chi connectivity index (χ1) is 9.02. The van der Waals surface area contributed by atoms with Gasteiger partial charge in [0, 0.05) is 5.69 Å². The number of nitrogens with zero attached hydrogens (tertiary/aromatic N) is 1. The Kier molecular flexibility index (Phi) is 5.81. The number of ether oxygens (including phenoxy) is 1. The van der Waals surface area contributed by atoms with Crippen LogP contribution in [0.25, 0.3) is 0 Å². The summed E-state index contributed by atoms with van der Waals surface area (Å²) in [7, 11) is 0. The van der Waals surface area contributed by atoms with Crippen molar-refractivity contribution in [3.8, 4) is 0 Å². The van der Waals surface area contributed by atoms with Crippen LogP contribution < -0.4 is 5.32 Å². The number of rotatable bonds is 4. The molecule has 0 aliphatic carbocycles. The summed E-state index contributed by atoms with van der Waals surface area (Å²) in [5.41, 5.74) is 0.857. The lowest BCUT2D eigenvalue weighted by Gasteiger charge is -2.04. The minimum Gasteiger partial charge on any atom is -0.462 e. The second-order valence-corrected chi connectivity index (χ2v) is 3.94. The first-order valence-electron chi connectivity index (χ1n) is 5.48. The van der Waals surface area contributed by atoms with E-state index in [0.717, 1.165) is 0 Å². The summed E-state index contributed by atoms with van der Waals surface area (Å²) in [6, 6.07) is 6.16. The van der Waals surface area contributed by atoms with Crippen molar-refractivity contribution in [1.82, 2.24) is 0 Å². The van der Waals surface area contributed by atoms with Gasteiger partial charge in [-0.05, 0) is 38.1 Å². The monoisotopic (exact) mass is 284 g/mol. The Bertz CT molecular complexity index is 481. The summed E-state index contributed by atoms with van der Waals surface area (Å²) in [4.78, 5) is 27.1. The van der Waals surface area contributed by atoms with Crippen molar-refractivity contribution in [2.45, 2.75) is 13.8 Å². The van der Waals surface area contributed by atoms with Gasteiger partial charge in [-0.25, -0.2) is 9.59 Å². The van der Waals surface area contributed by atoms with E-state index < -0.39 is 12.1 Å². The third-order valence-electron chi connectivity index (χ3n) is 1.90. The van der Waals surface area contributed by atoms with Gasteiger partial charge in [0.25, 0.3) is 0 Å². The number of esters is 1. The molecule has 0 saturated carbocycles. The first-order valence-corrected chi connectivity index (χ1v) is 5.86. The third kappa shape index (κ3) is 5.39. The van der Waals surface area contributed by atoms with Gasteiger partial charge < -0.3 is 4.74 Å². The molecule has 1 aromatic rings. The van der Waals surface area contributed by atoms with Crippen LogP contribution in [0.4, 0.5) is 10.5 Å². The molecule has 102 valence electrons. The number of amides is 1. The highest BCUT2D eigenvalue weighted by Gasteiger charge is 2.07. The summed E-state index contributed by atoms with van der Waals surface area (Å²) in [6.07, 6.45) is -0.774. The van der Waals surface area contributed by atoms with Gasteiger partial charge in [-0.3, -0.25) is 10.2 Å². The lowest BCUT2D eigenvalue weighted by molar-refractivity contribution is 0.0526. The smallest absolute Gasteiger partial charge is 0.437 e. The zero-order valence-electron chi connectivity index (χ0n) is 10.5. The molecule has 0 bridgehead atoms. The lowest BCUT2D eigenvalue weighted by atomic mass is 10.2. The maximum absolute atomic E-state index is 11.4. The van der Waals surface area contributed by atoms with Crippen LogP contribution in [0.3, 0.4) is 0 Å². The molecular weight excluding hydrogens is 272 g/mol. The molecule has 1 rings (SSSR count). The van der Waals surface area contributed by atoms with Crippen LogP contribution in [0.5, 0.6) is 0 Å². The normalized spacial score (nSPS) is 10.8. The van der Waals surface area contributed by atoms with Crippen LogP contribution in [0, 0.1) is 0 Å². The number of benzene rings is 1. The Morgan fingerprint density at radius 1 is 1.32 bits per heavy atom. The number of carbonyl (C=O) groups excluding carboxylic acids is 2. The van der Waals surface area contributed by atoms with E-state index in [2.05, 4.69) is 15.3 Å². The number of carbonyl (C=O) groups is 2. The molecule has 0 fully saturated rings. The van der Waals surface area contributed by atoms with E-state index in [1.54, 1.807) is 19.1 Å². The average Bonchev–Trinajstić information content (AvgIpc) is 2.37. The standard InChI is InChI=1S/C12H13ClN2O4/c1-3-18-11(16)9-4-6-10(7-5-9)14-12(17)19-15-8(2)13/h4-7H,3H2,1-2H3,(H,14,17)/b15-8+. The van der Waals surface area contributed by atoms with Crippen molar-refractivity contribution in [2.24, 2.45) is 5.16 Å². The predicted octanol–water partition coefficient (Wildman–Crippen LogP) is 2.98. The molecule has 1 N–H and O–H groups in total. The number of anilines is 1. The molecule has 0 radical (unpaired) electrons. The molecule has 0 saturated heterocycles. The molecule has 19 heavy (non-hydrogen) atoms. The largest absolute Gasteiger partial charge is 0.462 e. The van der Waals surface area contributed by atoms with Gasteiger partial charge in [0.15, 0.2) is 0 Å². The summed E-state index contributed by atoms with van der Waals surface area (Å²) in [6.45, 7) is 3.51. The van der Waals surface area contributed by atoms with Gasteiger partial charge in [-0.1, -0.05) is 16.8 Å². The van der Waals surface area contributed by atoms with Gasteiger partial charge >= 0.3 is 12.1 Å². The van der Waals surface area contributed by atoms with Gasteiger partial charge in [0.2, 0.25) is 0 Å². The molecule has 0 unspecified atom stereocenters. The van der Waals surface area contributed by atoms with Gasteiger partial charge in [0.05, 0.1) is 12.2 Å². The molecule has 0 heterocycles. The highest BCUT2D eigenvalue weighted by molar-refractivity contribution is 6.64. The van der Waals surface area contributed by atoms with E-state index in [4.69, 9.17) is 16.3 Å². The zero-order valence-corrected chi connectivity index (χ0v) is 11.2. The second kappa shape index (κ2) is 7.38. The maximum atomic E-state index is 11.4. The van der Waals surface area contributed by atoms with Crippen LogP contribution in [0.1, 0.15) is 24.2 Å². The summed E-state index contributed by atoms with van der Waals surface area (Å²) >= 11 is 5.40. The fourth-order valence-electron chi connectivity index (χ4n) is 1.15. The van der Waals surface area contributed by atoms with Crippen molar-refractivity contribution >= 4 is 34.5 Å². The maximum Gasteiger partial charge on any atom is 0.437 e. The SMILES string of the molecule is CCOC(=O)c1ccc(NC(=O)O/N=C(\C)Cl)cc1. The van der Waals surface area contributed by atoms with Gasteiger partial charge in [-0.2, -0.15) is 0 Å². The lowest BCUT2D eigenvalue weighted by Crippen LogP contribution is -2.11. The van der Waals surface area contributed by atoms with Crippen LogP contribution in [0.2, 0.25) is 0 Å². The Balaban J connectivity index is 2.59. The molecule has 0 aromatic heterocycles. The van der Waals surface area contributed by atoms with E-state index in [1.807, 2.05) is 0 Å². The van der Waals surface area contributed by atoms with E-state index in [1.165, 1.54) is 19.1 Å². The highest BCUT2D eigenvalue weighted by Crippen LogP contribution is 2.11. The van der Waals surface area contributed by atoms with Crippen LogP contribution in [-0.2, 0) is 9.57 Å². The van der Waals surface area contributed by atoms with Gasteiger partial charge in [0.1, 0.15) is 5.17 Å². The zero-order chi connectivity index (χ0) is 14.3. The van der Waals surface area contributed by atoms with Crippen LogP contribution in [-0.4, -0.2) is 23.8 Å². The van der Waals surface area contributed by atoms with Crippen LogP contribution in [0.15, 0.2) is 29.4 Å². The van der Waals surface area contributed by atoms with Crippen molar-refractivity contribution in [1.29, 1.82) is 0 Å². The minimum atomic E-state index is -0.774. The van der Waals surface area contributed by atoms with E-state index in [-0.39, 0.29) is 5.17 Å². The minimum absolute atomic E-state index is 0.104. The number of nitrogens with one attached hydrogen (secondary N) is 1. The average molecular weight is 285 g/mol. The summed E-state index contributed by atoms with van der Waals surface area (Å²) in [5.74, 6) is -0.418. The molecular formula is C12H13ClN2O4. The third-order valence-corrected chi connectivity index (χ3v) is 1.97. The Morgan fingerprint density at radius 2 is 1.95 bits per heavy atom. The number of hydrogen-bond acceptors (Lipinski definition) is 5. The Hall–Kier alpha value is -2.08. The quantitative estimate of drug-likeness (QED) is 0.399. The summed E-state index contributed by atoms with van der Waals surface area (Å²) in [5, 5.41) is 5.81. The van der Waals surface area contributed by atoms with Crippen LogP contribution >= 0.6 is 11.6 Å². The molecule has 0 aliphatic heterocycles. The van der Waals surface area contributed by atoms with E-state index in [0.29, 0.717) is 17.9 Å². The number of halogens is 1. The molecule has 1 amide bonds. The van der Waals surface area contributed by atoms with E-state index in [9.17, 15) is 9.59 Å². The van der Waals surface area contributed by atoms with Crippen molar-refractivity contribution in [2.75, 3.05) is 11.9 Å². The van der Waals surface area contributed by atoms with Crippen molar-refractivity contribution in [3.05, 3.63) is 29.8 Å². The van der Waals surface area contributed by atoms with E-state index >= 15 is 0 Å². The Labute approximate surface area is 115 Å². The van der Waals surface area contributed by atoms with Crippen molar-refractivity contribution in [3.63, 3.8) is 0 Å². The molecule has 6 nitrogen and oxygen atoms in total. The number of hydrogen-bond donors (Lipinski definition) is 1. The first kappa shape index (κ1) is 15.0. The molecule has 0 aliphatic rings. The summed E-state index contributed by atoms with van der Waals surface area (Å²) < 4.78 is 4.83. The topological polar surface area (TPSA) is 77.0 Å². The second-order valence-electron chi connectivity index (χ2n) is 3.39. The molecule has 0 spiro atoms. The highest BCUT2D eigenvalue weighted by atomic mass is 35.5. The fraction of sp³-hybridized carbons (Fsp3) is 0.250. The fourth-order valence-corrected chi connectivity index (χ4v) is 1.18. The Morgan fingerprint density at radius 3 is 2.47 bits per heavy atom. The van der Waals surface area contributed by atoms with Gasteiger partial charge in [-0.15, -0.1) is 0 Å². The van der Waals surface area contributed by atoms with Crippen molar-refractivity contribution < 1.29 is 19.2 Å².